The highest BCUT2D eigenvalue weighted by molar-refractivity contribution is 5.75. The van der Waals surface area contributed by atoms with Crippen LogP contribution in [0.2, 0.25) is 0 Å². The highest BCUT2D eigenvalue weighted by Gasteiger charge is 2.25. The number of hydrogen-bond donors (Lipinski definition) is 2. The molecule has 0 heterocycles. The average Bonchev–Trinajstić information content (AvgIpc) is 2.45. The van der Waals surface area contributed by atoms with Gasteiger partial charge in [0.05, 0.1) is 25.9 Å². The lowest BCUT2D eigenvalue weighted by Gasteiger charge is -2.30. The van der Waals surface area contributed by atoms with E-state index in [-0.39, 0.29) is 18.0 Å². The molecule has 0 spiro atoms. The quantitative estimate of drug-likeness (QED) is 0.668. The van der Waals surface area contributed by atoms with Crippen molar-refractivity contribution in [1.29, 1.82) is 0 Å². The van der Waals surface area contributed by atoms with E-state index in [2.05, 4.69) is 12.2 Å². The third-order valence-corrected chi connectivity index (χ3v) is 4.23. The molecule has 1 fully saturated rings. The second kappa shape index (κ2) is 9.38. The molecule has 4 atom stereocenters. The molecule has 0 bridgehead atoms. The van der Waals surface area contributed by atoms with Crippen molar-refractivity contribution in [1.82, 2.24) is 5.32 Å². The van der Waals surface area contributed by atoms with Crippen LogP contribution in [0.1, 0.15) is 46.5 Å². The number of aliphatic hydroxyl groups excluding tert-OH is 1. The Kier molecular flexibility index (Phi) is 8.22. The number of aliphatic hydroxyl groups is 1. The van der Waals surface area contributed by atoms with Crippen molar-refractivity contribution in [3.63, 3.8) is 0 Å². The molecule has 0 saturated heterocycles. The van der Waals surface area contributed by atoms with Crippen molar-refractivity contribution in [2.75, 3.05) is 20.3 Å². The van der Waals surface area contributed by atoms with Crippen LogP contribution >= 0.6 is 0 Å². The first kappa shape index (κ1) is 18.4. The molecule has 21 heavy (non-hydrogen) atoms. The molecule has 1 aliphatic carbocycles. The van der Waals surface area contributed by atoms with E-state index in [4.69, 9.17) is 9.47 Å². The molecule has 0 amide bonds. The Labute approximate surface area is 128 Å². The lowest BCUT2D eigenvalue weighted by molar-refractivity contribution is -0.144. The van der Waals surface area contributed by atoms with Crippen LogP contribution in [-0.2, 0) is 14.3 Å². The zero-order chi connectivity index (χ0) is 15.8. The fraction of sp³-hybridized carbons (Fsp3) is 0.938. The van der Waals surface area contributed by atoms with Crippen LogP contribution in [0.5, 0.6) is 0 Å². The van der Waals surface area contributed by atoms with Crippen molar-refractivity contribution in [2.24, 2.45) is 11.8 Å². The van der Waals surface area contributed by atoms with Crippen LogP contribution in [0, 0.1) is 11.8 Å². The van der Waals surface area contributed by atoms with Gasteiger partial charge in [0.25, 0.3) is 0 Å². The highest BCUT2D eigenvalue weighted by atomic mass is 16.5. The van der Waals surface area contributed by atoms with E-state index in [1.165, 1.54) is 26.4 Å². The van der Waals surface area contributed by atoms with E-state index >= 15 is 0 Å². The van der Waals surface area contributed by atoms with Crippen molar-refractivity contribution >= 4 is 5.97 Å². The summed E-state index contributed by atoms with van der Waals surface area (Å²) >= 11 is 0. The Morgan fingerprint density at radius 1 is 1.33 bits per heavy atom. The van der Waals surface area contributed by atoms with Crippen LogP contribution in [0.25, 0.3) is 0 Å². The molecule has 1 saturated carbocycles. The number of carbonyl (C=O) groups excluding carboxylic acids is 1. The van der Waals surface area contributed by atoms with Crippen molar-refractivity contribution in [3.8, 4) is 0 Å². The Morgan fingerprint density at radius 2 is 2.00 bits per heavy atom. The largest absolute Gasteiger partial charge is 0.468 e. The van der Waals surface area contributed by atoms with Gasteiger partial charge in [0.1, 0.15) is 6.04 Å². The summed E-state index contributed by atoms with van der Waals surface area (Å²) in [6.07, 6.45) is 4.43. The fourth-order valence-electron chi connectivity index (χ4n) is 2.80. The van der Waals surface area contributed by atoms with Crippen LogP contribution in [0.3, 0.4) is 0 Å². The molecule has 0 radical (unpaired) electrons. The maximum atomic E-state index is 11.6. The zero-order valence-corrected chi connectivity index (χ0v) is 13.8. The summed E-state index contributed by atoms with van der Waals surface area (Å²) in [5.41, 5.74) is 0. The number of ether oxygens (including phenoxy) is 2. The SMILES string of the molecule is COC(=O)C(NCC(O)COC1CCCCC1C)C(C)C. The third-order valence-electron chi connectivity index (χ3n) is 4.23. The summed E-state index contributed by atoms with van der Waals surface area (Å²) in [5.74, 6) is 0.389. The molecule has 5 nitrogen and oxygen atoms in total. The van der Waals surface area contributed by atoms with E-state index in [9.17, 15) is 9.90 Å². The van der Waals surface area contributed by atoms with E-state index in [0.29, 0.717) is 19.1 Å². The summed E-state index contributed by atoms with van der Waals surface area (Å²) in [6.45, 7) is 6.75. The van der Waals surface area contributed by atoms with Crippen LogP contribution in [0.4, 0.5) is 0 Å². The number of carbonyl (C=O) groups is 1. The van der Waals surface area contributed by atoms with Crippen LogP contribution in [0.15, 0.2) is 0 Å². The van der Waals surface area contributed by atoms with E-state index in [1.807, 2.05) is 13.8 Å². The molecule has 0 aromatic carbocycles. The summed E-state index contributed by atoms with van der Waals surface area (Å²) in [7, 11) is 1.38. The van der Waals surface area contributed by atoms with E-state index in [0.717, 1.165) is 6.42 Å². The maximum Gasteiger partial charge on any atom is 0.323 e. The maximum absolute atomic E-state index is 11.6. The van der Waals surface area contributed by atoms with Crippen molar-refractivity contribution in [2.45, 2.75) is 64.7 Å². The number of methoxy groups -OCH3 is 1. The van der Waals surface area contributed by atoms with Gasteiger partial charge < -0.3 is 19.9 Å². The van der Waals surface area contributed by atoms with Gasteiger partial charge in [-0.15, -0.1) is 0 Å². The van der Waals surface area contributed by atoms with Gasteiger partial charge in [0.15, 0.2) is 0 Å². The smallest absolute Gasteiger partial charge is 0.323 e. The Bertz CT molecular complexity index is 309. The van der Waals surface area contributed by atoms with E-state index < -0.39 is 12.1 Å². The molecular formula is C16H31NO4. The molecule has 1 rings (SSSR count). The van der Waals surface area contributed by atoms with E-state index in [1.54, 1.807) is 0 Å². The summed E-state index contributed by atoms with van der Waals surface area (Å²) in [6, 6.07) is -0.391. The van der Waals surface area contributed by atoms with Gasteiger partial charge in [0.2, 0.25) is 0 Å². The van der Waals surface area contributed by atoms with Crippen molar-refractivity contribution < 1.29 is 19.4 Å². The fourth-order valence-corrected chi connectivity index (χ4v) is 2.80. The minimum atomic E-state index is -0.606. The molecule has 2 N–H and O–H groups in total. The molecule has 1 aliphatic rings. The number of esters is 1. The predicted molar refractivity (Wildman–Crippen MR) is 82.0 cm³/mol. The zero-order valence-electron chi connectivity index (χ0n) is 13.8. The Morgan fingerprint density at radius 3 is 2.57 bits per heavy atom. The third kappa shape index (κ3) is 6.32. The second-order valence-corrected chi connectivity index (χ2v) is 6.44. The molecule has 5 heteroatoms. The molecule has 0 aliphatic heterocycles. The summed E-state index contributed by atoms with van der Waals surface area (Å²) < 4.78 is 10.6. The second-order valence-electron chi connectivity index (χ2n) is 6.44. The van der Waals surface area contributed by atoms with Gasteiger partial charge in [-0.1, -0.05) is 33.6 Å². The van der Waals surface area contributed by atoms with Gasteiger partial charge in [-0.3, -0.25) is 4.79 Å². The topological polar surface area (TPSA) is 67.8 Å². The minimum Gasteiger partial charge on any atom is -0.468 e. The number of nitrogens with one attached hydrogen (secondary N) is 1. The van der Waals surface area contributed by atoms with Crippen LogP contribution < -0.4 is 5.32 Å². The average molecular weight is 301 g/mol. The molecule has 4 unspecified atom stereocenters. The Hall–Kier alpha value is -0.650. The monoisotopic (exact) mass is 301 g/mol. The lowest BCUT2D eigenvalue weighted by atomic mass is 9.88. The van der Waals surface area contributed by atoms with Crippen molar-refractivity contribution in [3.05, 3.63) is 0 Å². The molecule has 0 aromatic heterocycles. The predicted octanol–water partition coefficient (Wildman–Crippen LogP) is 1.73. The molecule has 124 valence electrons. The number of rotatable bonds is 8. The normalized spacial score (nSPS) is 25.6. The number of hydrogen-bond acceptors (Lipinski definition) is 5. The van der Waals surface area contributed by atoms with Gasteiger partial charge in [-0.2, -0.15) is 0 Å². The highest BCUT2D eigenvalue weighted by Crippen LogP contribution is 2.26. The van der Waals surface area contributed by atoms with Gasteiger partial charge in [0, 0.05) is 6.54 Å². The standard InChI is InChI=1S/C16H31NO4/c1-11(2)15(16(19)20-4)17-9-13(18)10-21-14-8-6-5-7-12(14)3/h11-15,17-18H,5-10H2,1-4H3. The first-order valence-electron chi connectivity index (χ1n) is 8.06. The lowest BCUT2D eigenvalue weighted by Crippen LogP contribution is -2.46. The Balaban J connectivity index is 2.29. The van der Waals surface area contributed by atoms with Gasteiger partial charge >= 0.3 is 5.97 Å². The molecular weight excluding hydrogens is 270 g/mol. The molecule has 0 aromatic rings. The first-order chi connectivity index (χ1) is 9.95. The summed E-state index contributed by atoms with van der Waals surface area (Å²) in [4.78, 5) is 11.6. The van der Waals surface area contributed by atoms with Gasteiger partial charge in [-0.05, 0) is 24.7 Å². The minimum absolute atomic E-state index is 0.115. The summed E-state index contributed by atoms with van der Waals surface area (Å²) in [5, 5.41) is 13.1. The first-order valence-corrected chi connectivity index (χ1v) is 8.06. The van der Waals surface area contributed by atoms with Gasteiger partial charge in [-0.25, -0.2) is 0 Å². The van der Waals surface area contributed by atoms with Crippen LogP contribution in [-0.4, -0.2) is 49.6 Å².